The standard InChI is InChI=1S/C14H22N2O3S2/c1-4-9-8-10(14(18)19-5-2)13(21-9)16-12(17)11(15)6-7-20-3/h8,11H,4-7,15H2,1-3H3,(H,16,17)/t11-/m0/s1. The number of carbonyl (C=O) groups is 2. The van der Waals surface area contributed by atoms with E-state index < -0.39 is 12.0 Å². The number of nitrogens with two attached hydrogens (primary N) is 1. The topological polar surface area (TPSA) is 81.4 Å². The van der Waals surface area contributed by atoms with Crippen LogP contribution in [0.25, 0.3) is 0 Å². The SMILES string of the molecule is CCOC(=O)c1cc(CC)sc1NC(=O)[C@@H](N)CCSC. The van der Waals surface area contributed by atoms with Crippen LogP contribution in [0.1, 0.15) is 35.5 Å². The van der Waals surface area contributed by atoms with Gasteiger partial charge in [0.2, 0.25) is 5.91 Å². The number of anilines is 1. The number of ether oxygens (including phenoxy) is 1. The van der Waals surface area contributed by atoms with Crippen LogP contribution in [0.15, 0.2) is 6.07 Å². The minimum Gasteiger partial charge on any atom is -0.462 e. The van der Waals surface area contributed by atoms with Crippen molar-refractivity contribution in [3.8, 4) is 0 Å². The maximum absolute atomic E-state index is 12.1. The third-order valence-electron chi connectivity index (χ3n) is 2.83. The van der Waals surface area contributed by atoms with Crippen LogP contribution in [0.4, 0.5) is 5.00 Å². The number of aryl methyl sites for hydroxylation is 1. The van der Waals surface area contributed by atoms with Gasteiger partial charge in [0.05, 0.1) is 18.2 Å². The average Bonchev–Trinajstić information content (AvgIpc) is 2.88. The van der Waals surface area contributed by atoms with E-state index in [0.29, 0.717) is 23.6 Å². The third kappa shape index (κ3) is 5.33. The molecule has 1 aromatic heterocycles. The van der Waals surface area contributed by atoms with Crippen molar-refractivity contribution in [1.82, 2.24) is 0 Å². The zero-order chi connectivity index (χ0) is 15.8. The fourth-order valence-electron chi connectivity index (χ4n) is 1.65. The van der Waals surface area contributed by atoms with Crippen LogP contribution in [0.5, 0.6) is 0 Å². The molecule has 1 aromatic rings. The number of rotatable bonds is 8. The molecule has 0 saturated heterocycles. The molecule has 0 fully saturated rings. The highest BCUT2D eigenvalue weighted by molar-refractivity contribution is 7.98. The van der Waals surface area contributed by atoms with E-state index in [2.05, 4.69) is 5.32 Å². The molecule has 1 heterocycles. The lowest BCUT2D eigenvalue weighted by atomic mass is 10.2. The van der Waals surface area contributed by atoms with Gasteiger partial charge in [0.15, 0.2) is 0 Å². The quantitative estimate of drug-likeness (QED) is 0.716. The van der Waals surface area contributed by atoms with Crippen LogP contribution in [-0.2, 0) is 16.0 Å². The van der Waals surface area contributed by atoms with E-state index in [4.69, 9.17) is 10.5 Å². The van der Waals surface area contributed by atoms with Crippen molar-refractivity contribution in [3.05, 3.63) is 16.5 Å². The number of thioether (sulfide) groups is 1. The van der Waals surface area contributed by atoms with Crippen molar-refractivity contribution in [2.45, 2.75) is 32.7 Å². The zero-order valence-corrected chi connectivity index (χ0v) is 14.2. The molecule has 0 aliphatic rings. The average molecular weight is 330 g/mol. The molecule has 7 heteroatoms. The molecule has 1 atom stereocenters. The van der Waals surface area contributed by atoms with Crippen LogP contribution in [0.2, 0.25) is 0 Å². The van der Waals surface area contributed by atoms with Gasteiger partial charge in [-0.1, -0.05) is 6.92 Å². The van der Waals surface area contributed by atoms with Crippen LogP contribution < -0.4 is 11.1 Å². The molecule has 0 bridgehead atoms. The van der Waals surface area contributed by atoms with Gasteiger partial charge in [0, 0.05) is 4.88 Å². The highest BCUT2D eigenvalue weighted by atomic mass is 32.2. The summed E-state index contributed by atoms with van der Waals surface area (Å²) in [4.78, 5) is 25.0. The largest absolute Gasteiger partial charge is 0.462 e. The van der Waals surface area contributed by atoms with Crippen molar-refractivity contribution >= 4 is 40.0 Å². The van der Waals surface area contributed by atoms with E-state index in [9.17, 15) is 9.59 Å². The van der Waals surface area contributed by atoms with Crippen molar-refractivity contribution in [3.63, 3.8) is 0 Å². The molecule has 1 amide bonds. The van der Waals surface area contributed by atoms with Gasteiger partial charge in [0.1, 0.15) is 5.00 Å². The Balaban J connectivity index is 2.83. The Bertz CT molecular complexity index is 489. The first-order valence-corrected chi connectivity index (χ1v) is 9.09. The second kappa shape index (κ2) is 9.07. The molecule has 3 N–H and O–H groups in total. The molecule has 5 nitrogen and oxygen atoms in total. The van der Waals surface area contributed by atoms with Gasteiger partial charge >= 0.3 is 5.97 Å². The summed E-state index contributed by atoms with van der Waals surface area (Å²) in [5, 5.41) is 3.28. The van der Waals surface area contributed by atoms with E-state index in [-0.39, 0.29) is 5.91 Å². The first-order chi connectivity index (χ1) is 10.0. The summed E-state index contributed by atoms with van der Waals surface area (Å²) in [7, 11) is 0. The van der Waals surface area contributed by atoms with Crippen molar-refractivity contribution in [1.29, 1.82) is 0 Å². The lowest BCUT2D eigenvalue weighted by Crippen LogP contribution is -2.36. The molecule has 21 heavy (non-hydrogen) atoms. The summed E-state index contributed by atoms with van der Waals surface area (Å²) in [6.45, 7) is 4.05. The van der Waals surface area contributed by atoms with Gasteiger partial charge in [0.25, 0.3) is 0 Å². The molecule has 0 aliphatic carbocycles. The summed E-state index contributed by atoms with van der Waals surface area (Å²) >= 11 is 3.03. The van der Waals surface area contributed by atoms with Crippen LogP contribution in [-0.4, -0.2) is 36.5 Å². The Hall–Kier alpha value is -1.05. The fourth-order valence-corrected chi connectivity index (χ4v) is 3.13. The molecule has 0 aliphatic heterocycles. The third-order valence-corrected chi connectivity index (χ3v) is 4.67. The number of hydrogen-bond acceptors (Lipinski definition) is 6. The Morgan fingerprint density at radius 1 is 1.48 bits per heavy atom. The van der Waals surface area contributed by atoms with Crippen molar-refractivity contribution in [2.75, 3.05) is 23.9 Å². The van der Waals surface area contributed by atoms with E-state index in [0.717, 1.165) is 17.1 Å². The zero-order valence-electron chi connectivity index (χ0n) is 12.6. The number of hydrogen-bond donors (Lipinski definition) is 2. The lowest BCUT2D eigenvalue weighted by Gasteiger charge is -2.11. The molecule has 118 valence electrons. The Labute approximate surface area is 133 Å². The normalized spacial score (nSPS) is 12.0. The fraction of sp³-hybridized carbons (Fsp3) is 0.571. The van der Waals surface area contributed by atoms with E-state index >= 15 is 0 Å². The number of amides is 1. The van der Waals surface area contributed by atoms with Gasteiger partial charge < -0.3 is 15.8 Å². The predicted octanol–water partition coefficient (Wildman–Crippen LogP) is 2.51. The number of nitrogens with one attached hydrogen (secondary N) is 1. The Morgan fingerprint density at radius 2 is 2.19 bits per heavy atom. The lowest BCUT2D eigenvalue weighted by molar-refractivity contribution is -0.117. The molecule has 0 spiro atoms. The van der Waals surface area contributed by atoms with Crippen LogP contribution in [0, 0.1) is 0 Å². The van der Waals surface area contributed by atoms with Gasteiger partial charge in [-0.3, -0.25) is 4.79 Å². The molecular formula is C14H22N2O3S2. The molecule has 0 saturated carbocycles. The second-order valence-electron chi connectivity index (χ2n) is 4.41. The number of thiophene rings is 1. The van der Waals surface area contributed by atoms with Crippen molar-refractivity contribution in [2.24, 2.45) is 5.73 Å². The summed E-state index contributed by atoms with van der Waals surface area (Å²) in [6, 6.07) is 1.20. The van der Waals surface area contributed by atoms with E-state index in [1.54, 1.807) is 24.8 Å². The maximum Gasteiger partial charge on any atom is 0.341 e. The maximum atomic E-state index is 12.1. The molecule has 1 rings (SSSR count). The minimum absolute atomic E-state index is 0.265. The number of esters is 1. The molecule has 0 radical (unpaired) electrons. The first kappa shape index (κ1) is 18.0. The van der Waals surface area contributed by atoms with Gasteiger partial charge in [-0.15, -0.1) is 11.3 Å². The minimum atomic E-state index is -0.570. The molecule has 0 unspecified atom stereocenters. The summed E-state index contributed by atoms with van der Waals surface area (Å²) < 4.78 is 5.02. The Kier molecular flexibility index (Phi) is 7.77. The Morgan fingerprint density at radius 3 is 2.76 bits per heavy atom. The van der Waals surface area contributed by atoms with Crippen LogP contribution in [0.3, 0.4) is 0 Å². The van der Waals surface area contributed by atoms with E-state index in [1.165, 1.54) is 11.3 Å². The molecule has 0 aromatic carbocycles. The molecular weight excluding hydrogens is 308 g/mol. The smallest absolute Gasteiger partial charge is 0.341 e. The highest BCUT2D eigenvalue weighted by Gasteiger charge is 2.21. The van der Waals surface area contributed by atoms with Gasteiger partial charge in [-0.2, -0.15) is 11.8 Å². The summed E-state index contributed by atoms with van der Waals surface area (Å²) in [6.07, 6.45) is 3.37. The monoisotopic (exact) mass is 330 g/mol. The number of carbonyl (C=O) groups excluding carboxylic acids is 2. The summed E-state index contributed by atoms with van der Waals surface area (Å²) in [5.74, 6) is 0.143. The second-order valence-corrected chi connectivity index (χ2v) is 6.53. The summed E-state index contributed by atoms with van der Waals surface area (Å²) in [5.41, 5.74) is 6.24. The van der Waals surface area contributed by atoms with Gasteiger partial charge in [-0.25, -0.2) is 4.79 Å². The predicted molar refractivity (Wildman–Crippen MR) is 89.3 cm³/mol. The van der Waals surface area contributed by atoms with E-state index in [1.807, 2.05) is 13.2 Å². The first-order valence-electron chi connectivity index (χ1n) is 6.88. The van der Waals surface area contributed by atoms with Gasteiger partial charge in [-0.05, 0) is 37.8 Å². The van der Waals surface area contributed by atoms with Crippen LogP contribution >= 0.6 is 23.1 Å². The highest BCUT2D eigenvalue weighted by Crippen LogP contribution is 2.29. The van der Waals surface area contributed by atoms with Crippen molar-refractivity contribution < 1.29 is 14.3 Å².